The lowest BCUT2D eigenvalue weighted by molar-refractivity contribution is -0.116. The molecule has 0 bridgehead atoms. The average Bonchev–Trinajstić information content (AvgIpc) is 3.08. The molecule has 8 nitrogen and oxygen atoms in total. The van der Waals surface area contributed by atoms with E-state index in [1.165, 1.54) is 6.08 Å². The second-order valence-electron chi connectivity index (χ2n) is 4.74. The zero-order valence-electron chi connectivity index (χ0n) is 13.4. The van der Waals surface area contributed by atoms with Gasteiger partial charge in [0.1, 0.15) is 0 Å². The van der Waals surface area contributed by atoms with Gasteiger partial charge in [-0.1, -0.05) is 23.2 Å². The van der Waals surface area contributed by atoms with Crippen LogP contribution in [-0.2, 0) is 16.1 Å². The molecule has 2 N–H and O–H groups in total. The summed E-state index contributed by atoms with van der Waals surface area (Å²) in [7, 11) is 0. The van der Waals surface area contributed by atoms with E-state index in [9.17, 15) is 14.4 Å². The molecule has 0 aliphatic heterocycles. The Morgan fingerprint density at radius 1 is 1.28 bits per heavy atom. The predicted octanol–water partition coefficient (Wildman–Crippen LogP) is 1.77. The van der Waals surface area contributed by atoms with Gasteiger partial charge >= 0.3 is 5.97 Å². The molecule has 0 saturated carbocycles. The standard InChI is InChI=1S/C16H16N4O4S/c1-3-12(21)17-9-10-5-7-11(8-6-10)14(22)18-15-13(19-20-25-15)16(23)24-4-2/h3,5-8H,1,4,9H2,2H3,(H,17,21)(H,18,22). The van der Waals surface area contributed by atoms with Crippen LogP contribution >= 0.6 is 11.5 Å². The monoisotopic (exact) mass is 360 g/mol. The Morgan fingerprint density at radius 3 is 2.64 bits per heavy atom. The van der Waals surface area contributed by atoms with Gasteiger partial charge in [-0.2, -0.15) is 0 Å². The van der Waals surface area contributed by atoms with E-state index in [2.05, 4.69) is 26.8 Å². The first-order valence-electron chi connectivity index (χ1n) is 7.35. The van der Waals surface area contributed by atoms with Crippen LogP contribution in [0.15, 0.2) is 36.9 Å². The summed E-state index contributed by atoms with van der Waals surface area (Å²) >= 11 is 0.893. The van der Waals surface area contributed by atoms with E-state index in [1.54, 1.807) is 31.2 Å². The van der Waals surface area contributed by atoms with E-state index in [1.807, 2.05) is 0 Å². The number of anilines is 1. The third kappa shape index (κ3) is 4.95. The van der Waals surface area contributed by atoms with Gasteiger partial charge in [0.2, 0.25) is 11.6 Å². The number of ether oxygens (including phenoxy) is 1. The second kappa shape index (κ2) is 8.69. The van der Waals surface area contributed by atoms with Crippen molar-refractivity contribution < 1.29 is 19.1 Å². The summed E-state index contributed by atoms with van der Waals surface area (Å²) in [5, 5.41) is 9.14. The van der Waals surface area contributed by atoms with Gasteiger partial charge in [0, 0.05) is 23.6 Å². The van der Waals surface area contributed by atoms with Gasteiger partial charge in [-0.05, 0) is 30.7 Å². The van der Waals surface area contributed by atoms with Gasteiger partial charge in [0.15, 0.2) is 5.00 Å². The fraction of sp³-hybridized carbons (Fsp3) is 0.188. The zero-order valence-corrected chi connectivity index (χ0v) is 14.3. The van der Waals surface area contributed by atoms with Crippen molar-refractivity contribution in [1.29, 1.82) is 0 Å². The van der Waals surface area contributed by atoms with Crippen LogP contribution in [-0.4, -0.2) is 34.0 Å². The molecule has 0 aliphatic carbocycles. The highest BCUT2D eigenvalue weighted by Crippen LogP contribution is 2.19. The number of carbonyl (C=O) groups excluding carboxylic acids is 3. The molecular weight excluding hydrogens is 344 g/mol. The summed E-state index contributed by atoms with van der Waals surface area (Å²) < 4.78 is 8.52. The van der Waals surface area contributed by atoms with E-state index in [-0.39, 0.29) is 23.2 Å². The molecule has 2 aromatic rings. The number of carbonyl (C=O) groups is 3. The maximum Gasteiger partial charge on any atom is 0.362 e. The summed E-state index contributed by atoms with van der Waals surface area (Å²) in [5.41, 5.74) is 1.20. The minimum atomic E-state index is -0.639. The topological polar surface area (TPSA) is 110 Å². The molecular formula is C16H16N4O4S. The Bertz CT molecular complexity index is 786. The second-order valence-corrected chi connectivity index (χ2v) is 5.50. The van der Waals surface area contributed by atoms with Crippen LogP contribution in [0.2, 0.25) is 0 Å². The molecule has 0 saturated heterocycles. The lowest BCUT2D eigenvalue weighted by Crippen LogP contribution is -2.20. The molecule has 0 unspecified atom stereocenters. The van der Waals surface area contributed by atoms with Gasteiger partial charge in [-0.15, -0.1) is 5.10 Å². The van der Waals surface area contributed by atoms with Crippen LogP contribution in [0.3, 0.4) is 0 Å². The van der Waals surface area contributed by atoms with Crippen molar-refractivity contribution in [3.8, 4) is 0 Å². The Labute approximate surface area is 148 Å². The maximum absolute atomic E-state index is 12.3. The van der Waals surface area contributed by atoms with Gasteiger partial charge in [0.05, 0.1) is 6.61 Å². The van der Waals surface area contributed by atoms with Gasteiger partial charge in [-0.25, -0.2) is 4.79 Å². The molecule has 0 aliphatic rings. The number of hydrogen-bond donors (Lipinski definition) is 2. The van der Waals surface area contributed by atoms with Crippen LogP contribution in [0.1, 0.15) is 33.3 Å². The first-order chi connectivity index (χ1) is 12.0. The van der Waals surface area contributed by atoms with Crippen molar-refractivity contribution >= 4 is 34.3 Å². The third-order valence-corrected chi connectivity index (χ3v) is 3.69. The summed E-state index contributed by atoms with van der Waals surface area (Å²) in [6, 6.07) is 6.66. The average molecular weight is 360 g/mol. The highest BCUT2D eigenvalue weighted by molar-refractivity contribution is 7.10. The van der Waals surface area contributed by atoms with Crippen molar-refractivity contribution in [3.63, 3.8) is 0 Å². The van der Waals surface area contributed by atoms with Crippen molar-refractivity contribution in [2.75, 3.05) is 11.9 Å². The van der Waals surface area contributed by atoms with Crippen LogP contribution in [0.4, 0.5) is 5.00 Å². The van der Waals surface area contributed by atoms with Gasteiger partial charge < -0.3 is 15.4 Å². The van der Waals surface area contributed by atoms with Gasteiger partial charge in [-0.3, -0.25) is 9.59 Å². The number of aromatic nitrogens is 2. The summed E-state index contributed by atoms with van der Waals surface area (Å²) in [6.07, 6.45) is 1.19. The maximum atomic E-state index is 12.3. The number of benzene rings is 1. The molecule has 25 heavy (non-hydrogen) atoms. The predicted molar refractivity (Wildman–Crippen MR) is 92.3 cm³/mol. The highest BCUT2D eigenvalue weighted by atomic mass is 32.1. The molecule has 0 spiro atoms. The number of hydrogen-bond acceptors (Lipinski definition) is 7. The van der Waals surface area contributed by atoms with Crippen molar-refractivity contribution in [1.82, 2.24) is 14.9 Å². The largest absolute Gasteiger partial charge is 0.461 e. The lowest BCUT2D eigenvalue weighted by Gasteiger charge is -2.06. The number of nitrogens with one attached hydrogen (secondary N) is 2. The number of esters is 1. The summed E-state index contributed by atoms with van der Waals surface area (Å²) in [5.74, 6) is -1.32. The first kappa shape index (κ1) is 18.3. The highest BCUT2D eigenvalue weighted by Gasteiger charge is 2.20. The van der Waals surface area contributed by atoms with Crippen LogP contribution < -0.4 is 10.6 Å². The molecule has 2 rings (SSSR count). The molecule has 1 aromatic heterocycles. The zero-order chi connectivity index (χ0) is 18.2. The van der Waals surface area contributed by atoms with E-state index >= 15 is 0 Å². The summed E-state index contributed by atoms with van der Waals surface area (Å²) in [6.45, 7) is 5.58. The molecule has 130 valence electrons. The van der Waals surface area contributed by atoms with E-state index in [4.69, 9.17) is 4.74 Å². The Hall–Kier alpha value is -3.07. The third-order valence-electron chi connectivity index (χ3n) is 3.05. The Balaban J connectivity index is 2.02. The van der Waals surface area contributed by atoms with Crippen molar-refractivity contribution in [2.45, 2.75) is 13.5 Å². The lowest BCUT2D eigenvalue weighted by atomic mass is 10.1. The van der Waals surface area contributed by atoms with Crippen molar-refractivity contribution in [2.24, 2.45) is 0 Å². The van der Waals surface area contributed by atoms with Crippen LogP contribution in [0.5, 0.6) is 0 Å². The quantitative estimate of drug-likeness (QED) is 0.575. The first-order valence-corrected chi connectivity index (χ1v) is 8.12. The Morgan fingerprint density at radius 2 is 2.00 bits per heavy atom. The van der Waals surface area contributed by atoms with Crippen molar-refractivity contribution in [3.05, 3.63) is 53.7 Å². The Kier molecular flexibility index (Phi) is 6.35. The number of rotatable bonds is 7. The molecule has 1 heterocycles. The minimum Gasteiger partial charge on any atom is -0.461 e. The molecule has 2 amide bonds. The van der Waals surface area contributed by atoms with Crippen LogP contribution in [0.25, 0.3) is 0 Å². The van der Waals surface area contributed by atoms with E-state index < -0.39 is 11.9 Å². The fourth-order valence-corrected chi connectivity index (χ4v) is 2.37. The van der Waals surface area contributed by atoms with E-state index in [0.29, 0.717) is 12.1 Å². The summed E-state index contributed by atoms with van der Waals surface area (Å²) in [4.78, 5) is 35.1. The molecule has 9 heteroatoms. The fourth-order valence-electron chi connectivity index (χ4n) is 1.82. The van der Waals surface area contributed by atoms with Crippen LogP contribution in [0, 0.1) is 0 Å². The van der Waals surface area contributed by atoms with Gasteiger partial charge in [0.25, 0.3) is 5.91 Å². The molecule has 0 radical (unpaired) electrons. The van der Waals surface area contributed by atoms with E-state index in [0.717, 1.165) is 17.1 Å². The molecule has 0 atom stereocenters. The number of amides is 2. The smallest absolute Gasteiger partial charge is 0.362 e. The normalized spacial score (nSPS) is 9.96. The SMILES string of the molecule is C=CC(=O)NCc1ccc(C(=O)Nc2snnc2C(=O)OCC)cc1. The molecule has 0 fully saturated rings. The molecule has 1 aromatic carbocycles. The minimum absolute atomic E-state index is 0.0241. The number of nitrogens with zero attached hydrogens (tertiary/aromatic N) is 2.